The van der Waals surface area contributed by atoms with E-state index in [-0.39, 0.29) is 0 Å². The Labute approximate surface area is 102 Å². The van der Waals surface area contributed by atoms with Crippen LogP contribution in [0.5, 0.6) is 0 Å². The van der Waals surface area contributed by atoms with Crippen LogP contribution in [0.2, 0.25) is 0 Å². The lowest BCUT2D eigenvalue weighted by Crippen LogP contribution is -2.01. The summed E-state index contributed by atoms with van der Waals surface area (Å²) in [5.41, 5.74) is 12.6. The zero-order valence-electron chi connectivity index (χ0n) is 10.5. The largest absolute Gasteiger partial charge is 0.397 e. The second kappa shape index (κ2) is 4.50. The Bertz CT molecular complexity index is 455. The molecule has 17 heavy (non-hydrogen) atoms. The molecule has 0 saturated heterocycles. The number of rotatable bonds is 2. The maximum atomic E-state index is 6.01. The number of hydrogen-bond donors (Lipinski definition) is 2. The van der Waals surface area contributed by atoms with Gasteiger partial charge in [-0.2, -0.15) is 0 Å². The summed E-state index contributed by atoms with van der Waals surface area (Å²) < 4.78 is 0. The third-order valence-electron chi connectivity index (χ3n) is 3.04. The van der Waals surface area contributed by atoms with Crippen molar-refractivity contribution in [2.75, 3.05) is 11.1 Å². The Kier molecular flexibility index (Phi) is 3.05. The van der Waals surface area contributed by atoms with Crippen LogP contribution in [-0.2, 0) is 0 Å². The monoisotopic (exact) mass is 226 g/mol. The van der Waals surface area contributed by atoms with Crippen LogP contribution in [0.25, 0.3) is 0 Å². The van der Waals surface area contributed by atoms with E-state index in [1.54, 1.807) is 0 Å². The van der Waals surface area contributed by atoms with Gasteiger partial charge in [0.2, 0.25) is 0 Å². The predicted octanol–water partition coefficient (Wildman–Crippen LogP) is 3.94. The van der Waals surface area contributed by atoms with Crippen molar-refractivity contribution in [1.29, 1.82) is 0 Å². The standard InChI is InChI=1S/C15H18N2/c1-10-6-4-7-11(2)14(10)17-15-12(3)8-5-9-13(15)16/h4-9,17H,16H2,1-3H3. The summed E-state index contributed by atoms with van der Waals surface area (Å²) in [5, 5.41) is 3.45. The van der Waals surface area contributed by atoms with Gasteiger partial charge >= 0.3 is 0 Å². The fourth-order valence-corrected chi connectivity index (χ4v) is 2.00. The van der Waals surface area contributed by atoms with Crippen molar-refractivity contribution < 1.29 is 0 Å². The minimum absolute atomic E-state index is 0.785. The molecule has 0 unspecified atom stereocenters. The topological polar surface area (TPSA) is 38.0 Å². The smallest absolute Gasteiger partial charge is 0.0647 e. The van der Waals surface area contributed by atoms with E-state index in [0.717, 1.165) is 22.6 Å². The molecule has 0 spiro atoms. The number of benzene rings is 2. The van der Waals surface area contributed by atoms with Crippen molar-refractivity contribution in [2.24, 2.45) is 0 Å². The Morgan fingerprint density at radius 1 is 0.765 bits per heavy atom. The second-order valence-electron chi connectivity index (χ2n) is 4.43. The van der Waals surface area contributed by atoms with Crippen LogP contribution in [0.4, 0.5) is 17.1 Å². The number of anilines is 3. The van der Waals surface area contributed by atoms with Crippen molar-refractivity contribution >= 4 is 17.1 Å². The highest BCUT2D eigenvalue weighted by atomic mass is 14.9. The van der Waals surface area contributed by atoms with E-state index in [2.05, 4.69) is 50.4 Å². The average Bonchev–Trinajstić information content (AvgIpc) is 2.27. The van der Waals surface area contributed by atoms with Crippen molar-refractivity contribution in [3.05, 3.63) is 53.1 Å². The maximum absolute atomic E-state index is 6.01. The summed E-state index contributed by atoms with van der Waals surface area (Å²) >= 11 is 0. The van der Waals surface area contributed by atoms with Gasteiger partial charge in [0.25, 0.3) is 0 Å². The molecule has 0 fully saturated rings. The minimum Gasteiger partial charge on any atom is -0.397 e. The molecule has 2 heteroatoms. The van der Waals surface area contributed by atoms with E-state index < -0.39 is 0 Å². The summed E-state index contributed by atoms with van der Waals surface area (Å²) in [5.74, 6) is 0. The maximum Gasteiger partial charge on any atom is 0.0647 e. The molecule has 88 valence electrons. The second-order valence-corrected chi connectivity index (χ2v) is 4.43. The average molecular weight is 226 g/mol. The number of nitrogen functional groups attached to an aromatic ring is 1. The molecule has 0 aliphatic carbocycles. The summed E-state index contributed by atoms with van der Waals surface area (Å²) in [6, 6.07) is 12.2. The van der Waals surface area contributed by atoms with E-state index in [4.69, 9.17) is 5.73 Å². The molecule has 2 aromatic rings. The molecule has 2 nitrogen and oxygen atoms in total. The first-order chi connectivity index (χ1) is 8.09. The van der Waals surface area contributed by atoms with Gasteiger partial charge in [-0.3, -0.25) is 0 Å². The fraction of sp³-hybridized carbons (Fsp3) is 0.200. The Hall–Kier alpha value is -1.96. The third-order valence-corrected chi connectivity index (χ3v) is 3.04. The Morgan fingerprint density at radius 2 is 1.24 bits per heavy atom. The zero-order chi connectivity index (χ0) is 12.4. The molecule has 3 N–H and O–H groups in total. The number of aryl methyl sites for hydroxylation is 3. The number of hydrogen-bond acceptors (Lipinski definition) is 2. The molecule has 0 aromatic heterocycles. The normalized spacial score (nSPS) is 10.3. The van der Waals surface area contributed by atoms with Crippen LogP contribution >= 0.6 is 0 Å². The first-order valence-electron chi connectivity index (χ1n) is 5.78. The van der Waals surface area contributed by atoms with Gasteiger partial charge in [-0.15, -0.1) is 0 Å². The van der Waals surface area contributed by atoms with Crippen molar-refractivity contribution in [2.45, 2.75) is 20.8 Å². The fourth-order valence-electron chi connectivity index (χ4n) is 2.00. The van der Waals surface area contributed by atoms with E-state index in [1.807, 2.05) is 12.1 Å². The van der Waals surface area contributed by atoms with Crippen molar-refractivity contribution in [1.82, 2.24) is 0 Å². The van der Waals surface area contributed by atoms with Gasteiger partial charge in [0.15, 0.2) is 0 Å². The van der Waals surface area contributed by atoms with Crippen LogP contribution in [-0.4, -0.2) is 0 Å². The van der Waals surface area contributed by atoms with Crippen LogP contribution in [0.3, 0.4) is 0 Å². The van der Waals surface area contributed by atoms with Gasteiger partial charge in [0.05, 0.1) is 11.4 Å². The highest BCUT2D eigenvalue weighted by Gasteiger charge is 2.06. The van der Waals surface area contributed by atoms with E-state index in [0.29, 0.717) is 0 Å². The first-order valence-corrected chi connectivity index (χ1v) is 5.78. The number of nitrogens with one attached hydrogen (secondary N) is 1. The molecule has 0 radical (unpaired) electrons. The first kappa shape index (κ1) is 11.5. The molecular weight excluding hydrogens is 208 g/mol. The molecule has 0 amide bonds. The summed E-state index contributed by atoms with van der Waals surface area (Å²) in [6.07, 6.45) is 0. The summed E-state index contributed by atoms with van der Waals surface area (Å²) in [4.78, 5) is 0. The van der Waals surface area contributed by atoms with Crippen molar-refractivity contribution in [3.63, 3.8) is 0 Å². The highest BCUT2D eigenvalue weighted by molar-refractivity contribution is 5.77. The van der Waals surface area contributed by atoms with Crippen LogP contribution < -0.4 is 11.1 Å². The number of para-hydroxylation sites is 2. The highest BCUT2D eigenvalue weighted by Crippen LogP contribution is 2.30. The van der Waals surface area contributed by atoms with Gasteiger partial charge in [0, 0.05) is 5.69 Å². The molecule has 0 bridgehead atoms. The zero-order valence-corrected chi connectivity index (χ0v) is 10.5. The van der Waals surface area contributed by atoms with E-state index >= 15 is 0 Å². The lowest BCUT2D eigenvalue weighted by Gasteiger charge is -2.16. The Morgan fingerprint density at radius 3 is 1.76 bits per heavy atom. The molecule has 0 atom stereocenters. The predicted molar refractivity (Wildman–Crippen MR) is 74.8 cm³/mol. The molecule has 0 saturated carbocycles. The molecule has 0 aliphatic rings. The quantitative estimate of drug-likeness (QED) is 0.761. The molecule has 2 aromatic carbocycles. The van der Waals surface area contributed by atoms with Gasteiger partial charge < -0.3 is 11.1 Å². The molecule has 2 rings (SSSR count). The Balaban J connectivity index is 2.45. The van der Waals surface area contributed by atoms with E-state index in [1.165, 1.54) is 11.1 Å². The molecule has 0 aliphatic heterocycles. The van der Waals surface area contributed by atoms with E-state index in [9.17, 15) is 0 Å². The number of nitrogens with two attached hydrogens (primary N) is 1. The van der Waals surface area contributed by atoms with Gasteiger partial charge in [-0.05, 0) is 43.5 Å². The van der Waals surface area contributed by atoms with Crippen LogP contribution in [0.1, 0.15) is 16.7 Å². The minimum atomic E-state index is 0.785. The van der Waals surface area contributed by atoms with Gasteiger partial charge in [-0.1, -0.05) is 30.3 Å². The van der Waals surface area contributed by atoms with Crippen molar-refractivity contribution in [3.8, 4) is 0 Å². The SMILES string of the molecule is Cc1cccc(C)c1Nc1c(C)cccc1N. The molecule has 0 heterocycles. The lowest BCUT2D eigenvalue weighted by atomic mass is 10.1. The van der Waals surface area contributed by atoms with Gasteiger partial charge in [0.1, 0.15) is 0 Å². The molecular formula is C15H18N2. The van der Waals surface area contributed by atoms with Gasteiger partial charge in [-0.25, -0.2) is 0 Å². The summed E-state index contributed by atoms with van der Waals surface area (Å²) in [6.45, 7) is 6.26. The lowest BCUT2D eigenvalue weighted by molar-refractivity contribution is 1.34. The summed E-state index contributed by atoms with van der Waals surface area (Å²) in [7, 11) is 0. The van der Waals surface area contributed by atoms with Crippen LogP contribution in [0, 0.1) is 20.8 Å². The van der Waals surface area contributed by atoms with Crippen LogP contribution in [0.15, 0.2) is 36.4 Å². The third kappa shape index (κ3) is 2.26.